The second-order valence-electron chi connectivity index (χ2n) is 6.69. The van der Waals surface area contributed by atoms with Gasteiger partial charge in [0.15, 0.2) is 0 Å². The molecule has 0 spiro atoms. The molecule has 2 aromatic rings. The van der Waals surface area contributed by atoms with Crippen LogP contribution in [0, 0.1) is 5.92 Å². The molecule has 1 atom stereocenters. The van der Waals surface area contributed by atoms with Crippen LogP contribution in [0.3, 0.4) is 0 Å². The summed E-state index contributed by atoms with van der Waals surface area (Å²) in [4.78, 5) is 8.12. The Morgan fingerprint density at radius 2 is 1.92 bits per heavy atom. The minimum atomic E-state index is -4.54. The second-order valence-corrected chi connectivity index (χ2v) is 6.69. The van der Waals surface area contributed by atoms with Gasteiger partial charge in [-0.15, -0.1) is 0 Å². The van der Waals surface area contributed by atoms with Crippen molar-refractivity contribution in [1.82, 2.24) is 9.97 Å². The van der Waals surface area contributed by atoms with Crippen molar-refractivity contribution in [2.24, 2.45) is 5.92 Å². The fraction of sp³-hybridized carbons (Fsp3) is 0.412. The molecule has 0 amide bonds. The van der Waals surface area contributed by atoms with Crippen LogP contribution in [0.2, 0.25) is 0 Å². The molecule has 9 heteroatoms. The number of para-hydroxylation sites is 1. The molecule has 0 bridgehead atoms. The quantitative estimate of drug-likeness (QED) is 0.796. The number of hydrogen-bond acceptors (Lipinski definition) is 5. The minimum Gasteiger partial charge on any atom is -0.427 e. The highest BCUT2D eigenvalue weighted by atomic mass is 19.3. The SMILES string of the molecule is Nc1nc(N)c2c(n1)CCC(Cc1cccc3c1OC(F)(F)C3(F)F)C2. The van der Waals surface area contributed by atoms with Gasteiger partial charge in [0.25, 0.3) is 0 Å². The number of alkyl halides is 4. The van der Waals surface area contributed by atoms with Crippen molar-refractivity contribution in [3.8, 4) is 5.75 Å². The van der Waals surface area contributed by atoms with Crippen molar-refractivity contribution in [2.45, 2.75) is 37.7 Å². The molecule has 1 unspecified atom stereocenters. The largest absolute Gasteiger partial charge is 0.469 e. The number of ether oxygens (including phenoxy) is 1. The van der Waals surface area contributed by atoms with Crippen LogP contribution in [-0.2, 0) is 25.2 Å². The standard InChI is InChI=1S/C17H16F4N4O/c18-16(19)11-3-1-2-9(13(11)26-17(16,20)21)6-8-4-5-12-10(7-8)14(22)25-15(23)24-12/h1-3,8H,4-7H2,(H4,22,23,24,25). The summed E-state index contributed by atoms with van der Waals surface area (Å²) in [5.74, 6) is -4.33. The molecule has 0 saturated carbocycles. The van der Waals surface area contributed by atoms with E-state index < -0.39 is 23.3 Å². The van der Waals surface area contributed by atoms with Crippen LogP contribution in [0.4, 0.5) is 29.3 Å². The van der Waals surface area contributed by atoms with Crippen molar-refractivity contribution < 1.29 is 22.3 Å². The fourth-order valence-corrected chi connectivity index (χ4v) is 3.68. The first-order valence-electron chi connectivity index (χ1n) is 8.17. The number of hydrogen-bond donors (Lipinski definition) is 2. The Labute approximate surface area is 146 Å². The number of benzene rings is 1. The number of aryl methyl sites for hydroxylation is 1. The summed E-state index contributed by atoms with van der Waals surface area (Å²) < 4.78 is 59.1. The van der Waals surface area contributed by atoms with Gasteiger partial charge in [-0.3, -0.25) is 0 Å². The number of aromatic nitrogens is 2. The molecule has 4 rings (SSSR count). The lowest BCUT2D eigenvalue weighted by molar-refractivity contribution is -0.296. The van der Waals surface area contributed by atoms with Gasteiger partial charge in [0.1, 0.15) is 11.6 Å². The van der Waals surface area contributed by atoms with E-state index in [-0.39, 0.29) is 11.9 Å². The summed E-state index contributed by atoms with van der Waals surface area (Å²) >= 11 is 0. The van der Waals surface area contributed by atoms with Gasteiger partial charge in [0, 0.05) is 5.56 Å². The van der Waals surface area contributed by atoms with E-state index in [4.69, 9.17) is 11.5 Å². The molecule has 1 aliphatic carbocycles. The summed E-state index contributed by atoms with van der Waals surface area (Å²) in [6.07, 6.45) is -2.38. The van der Waals surface area contributed by atoms with Crippen molar-refractivity contribution in [3.05, 3.63) is 40.6 Å². The average molecular weight is 368 g/mol. The maximum absolute atomic E-state index is 13.8. The van der Waals surface area contributed by atoms with E-state index in [2.05, 4.69) is 14.7 Å². The molecule has 2 heterocycles. The monoisotopic (exact) mass is 368 g/mol. The Morgan fingerprint density at radius 1 is 1.15 bits per heavy atom. The Bertz CT molecular complexity index is 887. The average Bonchev–Trinajstić information content (AvgIpc) is 2.74. The number of anilines is 2. The molecule has 0 radical (unpaired) electrons. The normalized spacial score (nSPS) is 22.4. The molecular formula is C17H16F4N4O. The predicted octanol–water partition coefficient (Wildman–Crippen LogP) is 3.07. The Hall–Kier alpha value is -2.58. The van der Waals surface area contributed by atoms with Crippen LogP contribution in [0.1, 0.15) is 28.8 Å². The summed E-state index contributed by atoms with van der Waals surface area (Å²) in [5.41, 5.74) is 12.6. The van der Waals surface area contributed by atoms with Crippen LogP contribution >= 0.6 is 0 Å². The third-order valence-electron chi connectivity index (χ3n) is 4.96. The molecule has 0 saturated heterocycles. The van der Waals surface area contributed by atoms with Crippen LogP contribution < -0.4 is 16.2 Å². The first kappa shape index (κ1) is 16.9. The third-order valence-corrected chi connectivity index (χ3v) is 4.96. The molecule has 26 heavy (non-hydrogen) atoms. The number of rotatable bonds is 2. The van der Waals surface area contributed by atoms with Gasteiger partial charge in [-0.1, -0.05) is 12.1 Å². The second kappa shape index (κ2) is 5.46. The number of halogens is 4. The molecule has 4 N–H and O–H groups in total. The fourth-order valence-electron chi connectivity index (χ4n) is 3.68. The van der Waals surface area contributed by atoms with Gasteiger partial charge in [-0.05, 0) is 43.2 Å². The van der Waals surface area contributed by atoms with Crippen LogP contribution in [0.5, 0.6) is 5.75 Å². The summed E-state index contributed by atoms with van der Waals surface area (Å²) in [6.45, 7) is 0. The maximum Gasteiger partial charge on any atom is 0.469 e. The lowest BCUT2D eigenvalue weighted by Gasteiger charge is -2.25. The van der Waals surface area contributed by atoms with E-state index in [1.807, 2.05) is 0 Å². The predicted molar refractivity (Wildman–Crippen MR) is 86.0 cm³/mol. The molecule has 1 aromatic carbocycles. The molecule has 2 aliphatic rings. The van der Waals surface area contributed by atoms with E-state index in [9.17, 15) is 17.6 Å². The number of nitrogens with zero attached hydrogens (tertiary/aromatic N) is 2. The van der Waals surface area contributed by atoms with E-state index in [0.29, 0.717) is 37.1 Å². The lowest BCUT2D eigenvalue weighted by Crippen LogP contribution is -2.36. The number of nitrogens with two attached hydrogens (primary N) is 2. The van der Waals surface area contributed by atoms with Crippen molar-refractivity contribution in [1.29, 1.82) is 0 Å². The number of fused-ring (bicyclic) bond motifs is 2. The van der Waals surface area contributed by atoms with Gasteiger partial charge in [0.05, 0.1) is 11.3 Å². The zero-order chi connectivity index (χ0) is 18.7. The van der Waals surface area contributed by atoms with Gasteiger partial charge in [-0.2, -0.15) is 22.5 Å². The van der Waals surface area contributed by atoms with Crippen molar-refractivity contribution in [3.63, 3.8) is 0 Å². The molecule has 1 aliphatic heterocycles. The van der Waals surface area contributed by atoms with E-state index in [1.165, 1.54) is 12.1 Å². The number of nitrogen functional groups attached to an aromatic ring is 2. The van der Waals surface area contributed by atoms with E-state index >= 15 is 0 Å². The van der Waals surface area contributed by atoms with Crippen LogP contribution in [0.25, 0.3) is 0 Å². The topological polar surface area (TPSA) is 87.0 Å². The summed E-state index contributed by atoms with van der Waals surface area (Å²) in [6, 6.07) is 3.86. The van der Waals surface area contributed by atoms with Crippen LogP contribution in [0.15, 0.2) is 18.2 Å². The summed E-state index contributed by atoms with van der Waals surface area (Å²) in [7, 11) is 0. The molecule has 138 valence electrons. The Kier molecular flexibility index (Phi) is 3.54. The van der Waals surface area contributed by atoms with Gasteiger partial charge < -0.3 is 16.2 Å². The first-order chi connectivity index (χ1) is 12.2. The maximum atomic E-state index is 13.8. The molecular weight excluding hydrogens is 352 g/mol. The third kappa shape index (κ3) is 2.45. The zero-order valence-electron chi connectivity index (χ0n) is 13.6. The Morgan fingerprint density at radius 3 is 2.69 bits per heavy atom. The molecule has 0 fully saturated rings. The lowest BCUT2D eigenvalue weighted by atomic mass is 9.82. The van der Waals surface area contributed by atoms with E-state index in [1.54, 1.807) is 0 Å². The Balaban J connectivity index is 1.62. The molecule has 5 nitrogen and oxygen atoms in total. The zero-order valence-corrected chi connectivity index (χ0v) is 13.6. The van der Waals surface area contributed by atoms with Crippen molar-refractivity contribution >= 4 is 11.8 Å². The highest BCUT2D eigenvalue weighted by Gasteiger charge is 2.66. The van der Waals surface area contributed by atoms with Crippen LogP contribution in [-0.4, -0.2) is 16.1 Å². The van der Waals surface area contributed by atoms with E-state index in [0.717, 1.165) is 17.3 Å². The minimum absolute atomic E-state index is 0.0231. The van der Waals surface area contributed by atoms with Gasteiger partial charge in [-0.25, -0.2) is 4.98 Å². The van der Waals surface area contributed by atoms with Crippen molar-refractivity contribution in [2.75, 3.05) is 11.5 Å². The highest BCUT2D eigenvalue weighted by Crippen LogP contribution is 2.54. The smallest absolute Gasteiger partial charge is 0.427 e. The summed E-state index contributed by atoms with van der Waals surface area (Å²) in [5, 5.41) is 0. The van der Waals surface area contributed by atoms with Gasteiger partial charge >= 0.3 is 12.0 Å². The molecule has 1 aromatic heterocycles. The highest BCUT2D eigenvalue weighted by molar-refractivity contribution is 5.50. The van der Waals surface area contributed by atoms with Gasteiger partial charge in [0.2, 0.25) is 5.95 Å². The first-order valence-corrected chi connectivity index (χ1v) is 8.17.